The molecule has 1 aliphatic heterocycles. The molecule has 5 rings (SSSR count). The molecule has 1 aliphatic rings. The number of ether oxygens (including phenoxy) is 2. The van der Waals surface area contributed by atoms with Crippen molar-refractivity contribution in [2.75, 3.05) is 27.3 Å². The van der Waals surface area contributed by atoms with Crippen LogP contribution >= 0.6 is 23.7 Å². The van der Waals surface area contributed by atoms with Crippen LogP contribution in [0.4, 0.5) is 0 Å². The molecule has 11 nitrogen and oxygen atoms in total. The minimum absolute atomic E-state index is 0. The van der Waals surface area contributed by atoms with E-state index in [9.17, 15) is 9.59 Å². The molecule has 1 fully saturated rings. The molecule has 4 aromatic rings. The molecule has 1 aromatic carbocycles. The molecular weight excluding hydrogens is 506 g/mol. The van der Waals surface area contributed by atoms with Crippen molar-refractivity contribution < 1.29 is 9.47 Å². The summed E-state index contributed by atoms with van der Waals surface area (Å²) in [4.78, 5) is 29.7. The van der Waals surface area contributed by atoms with Gasteiger partial charge in [0.1, 0.15) is 16.2 Å². The molecule has 192 valence electrons. The highest BCUT2D eigenvalue weighted by molar-refractivity contribution is 7.22. The number of thiophene rings is 1. The number of hydrogen-bond donors (Lipinski definition) is 1. The van der Waals surface area contributed by atoms with Crippen LogP contribution in [0.2, 0.25) is 0 Å². The number of aryl methyl sites for hydroxylation is 1. The maximum absolute atomic E-state index is 13.7. The lowest BCUT2D eigenvalue weighted by atomic mass is 10.1. The highest BCUT2D eigenvalue weighted by Gasteiger charge is 2.25. The van der Waals surface area contributed by atoms with E-state index in [0.717, 1.165) is 23.5 Å². The Labute approximate surface area is 217 Å². The quantitative estimate of drug-likeness (QED) is 0.384. The molecule has 4 heterocycles. The van der Waals surface area contributed by atoms with Gasteiger partial charge in [-0.25, -0.2) is 4.79 Å². The van der Waals surface area contributed by atoms with Crippen LogP contribution in [-0.4, -0.2) is 56.7 Å². The van der Waals surface area contributed by atoms with Gasteiger partial charge in [-0.1, -0.05) is 0 Å². The molecule has 0 atom stereocenters. The van der Waals surface area contributed by atoms with Crippen LogP contribution in [0.1, 0.15) is 31.6 Å². The standard InChI is InChI=1S/C23H27N7O4S.ClH/c1-4-29-26-20(25-27-29)13-28-17-12-19(16-11-15(33-2)5-6-18(16)34-3)35-21(17)22(31)30(23(28)32)14-7-9-24-10-8-14;/h5-6,11-12,14,24H,4,7-10,13H2,1-3H3;1H. The largest absolute Gasteiger partial charge is 0.497 e. The molecular formula is C23H28ClN7O4S. The highest BCUT2D eigenvalue weighted by Crippen LogP contribution is 2.39. The normalized spacial score (nSPS) is 14.1. The summed E-state index contributed by atoms with van der Waals surface area (Å²) in [5.41, 5.74) is 0.707. The second kappa shape index (κ2) is 10.8. The molecule has 1 N–H and O–H groups in total. The van der Waals surface area contributed by atoms with E-state index >= 15 is 0 Å². The topological polar surface area (TPSA) is 118 Å². The van der Waals surface area contributed by atoms with Crippen LogP contribution in [-0.2, 0) is 13.1 Å². The third kappa shape index (κ3) is 4.63. The van der Waals surface area contributed by atoms with Crippen molar-refractivity contribution >= 4 is 34.0 Å². The van der Waals surface area contributed by atoms with E-state index in [-0.39, 0.29) is 36.2 Å². The number of benzene rings is 1. The van der Waals surface area contributed by atoms with Gasteiger partial charge in [0, 0.05) is 16.5 Å². The first-order valence-corrected chi connectivity index (χ1v) is 12.3. The monoisotopic (exact) mass is 533 g/mol. The molecule has 0 spiro atoms. The van der Waals surface area contributed by atoms with Gasteiger partial charge in [0.25, 0.3) is 5.56 Å². The minimum atomic E-state index is -0.357. The summed E-state index contributed by atoms with van der Waals surface area (Å²) >= 11 is 1.34. The highest BCUT2D eigenvalue weighted by atomic mass is 35.5. The molecule has 36 heavy (non-hydrogen) atoms. The summed E-state index contributed by atoms with van der Waals surface area (Å²) in [5, 5.41) is 15.8. The fourth-order valence-corrected chi connectivity index (χ4v) is 5.58. The fourth-order valence-electron chi connectivity index (χ4n) is 4.46. The Kier molecular flexibility index (Phi) is 7.76. The molecule has 0 aliphatic carbocycles. The van der Waals surface area contributed by atoms with E-state index in [2.05, 4.69) is 20.7 Å². The van der Waals surface area contributed by atoms with Gasteiger partial charge in [0.2, 0.25) is 0 Å². The van der Waals surface area contributed by atoms with Crippen LogP contribution < -0.4 is 26.0 Å². The Morgan fingerprint density at radius 3 is 2.58 bits per heavy atom. The third-order valence-corrected chi connectivity index (χ3v) is 7.42. The third-order valence-electron chi connectivity index (χ3n) is 6.28. The van der Waals surface area contributed by atoms with E-state index in [1.54, 1.807) is 18.8 Å². The van der Waals surface area contributed by atoms with Crippen molar-refractivity contribution in [1.29, 1.82) is 0 Å². The van der Waals surface area contributed by atoms with Crippen LogP contribution in [0.3, 0.4) is 0 Å². The van der Waals surface area contributed by atoms with Crippen LogP contribution in [0.5, 0.6) is 11.5 Å². The maximum atomic E-state index is 13.7. The van der Waals surface area contributed by atoms with Crippen molar-refractivity contribution in [2.45, 2.75) is 38.9 Å². The number of nitrogens with zero attached hydrogens (tertiary/aromatic N) is 6. The van der Waals surface area contributed by atoms with Gasteiger partial charge in [0.05, 0.1) is 32.8 Å². The molecule has 0 radical (unpaired) electrons. The zero-order valence-corrected chi connectivity index (χ0v) is 21.9. The van der Waals surface area contributed by atoms with Crippen molar-refractivity contribution in [3.63, 3.8) is 0 Å². The van der Waals surface area contributed by atoms with E-state index in [1.807, 2.05) is 31.2 Å². The summed E-state index contributed by atoms with van der Waals surface area (Å²) in [6, 6.07) is 7.20. The van der Waals surface area contributed by atoms with Crippen molar-refractivity contribution in [2.24, 2.45) is 0 Å². The smallest absolute Gasteiger partial charge is 0.332 e. The van der Waals surface area contributed by atoms with E-state index in [0.29, 0.717) is 46.9 Å². The molecule has 0 unspecified atom stereocenters. The van der Waals surface area contributed by atoms with Gasteiger partial charge in [-0.3, -0.25) is 13.9 Å². The van der Waals surface area contributed by atoms with Gasteiger partial charge >= 0.3 is 5.69 Å². The Morgan fingerprint density at radius 1 is 1.14 bits per heavy atom. The number of aromatic nitrogens is 6. The first kappa shape index (κ1) is 25.9. The summed E-state index contributed by atoms with van der Waals surface area (Å²) in [7, 11) is 3.20. The Morgan fingerprint density at radius 2 is 1.92 bits per heavy atom. The van der Waals surface area contributed by atoms with Crippen molar-refractivity contribution in [3.05, 3.63) is 50.9 Å². The van der Waals surface area contributed by atoms with E-state index in [1.165, 1.54) is 20.7 Å². The second-order valence-corrected chi connectivity index (χ2v) is 9.36. The van der Waals surface area contributed by atoms with Gasteiger partial charge in [0.15, 0.2) is 5.82 Å². The lowest BCUT2D eigenvalue weighted by Gasteiger charge is -2.24. The molecule has 0 amide bonds. The first-order chi connectivity index (χ1) is 17.0. The number of nitrogens with one attached hydrogen (secondary N) is 1. The van der Waals surface area contributed by atoms with Gasteiger partial charge in [-0.15, -0.1) is 33.9 Å². The minimum Gasteiger partial charge on any atom is -0.497 e. The predicted octanol–water partition coefficient (Wildman–Crippen LogP) is 2.31. The zero-order chi connectivity index (χ0) is 24.5. The number of fused-ring (bicyclic) bond motifs is 1. The molecule has 13 heteroatoms. The Balaban J connectivity index is 0.00000304. The van der Waals surface area contributed by atoms with Gasteiger partial charge in [-0.05, 0) is 62.3 Å². The first-order valence-electron chi connectivity index (χ1n) is 11.5. The molecule has 3 aromatic heterocycles. The maximum Gasteiger partial charge on any atom is 0.332 e. The van der Waals surface area contributed by atoms with Crippen LogP contribution in [0.25, 0.3) is 20.7 Å². The van der Waals surface area contributed by atoms with E-state index in [4.69, 9.17) is 9.47 Å². The van der Waals surface area contributed by atoms with Crippen molar-refractivity contribution in [3.8, 4) is 21.9 Å². The SMILES string of the molecule is CCn1nnc(Cn2c(=O)n(C3CCNCC3)c(=O)c3sc(-c4cc(OC)ccc4OC)cc32)n1.Cl. The average Bonchev–Trinajstić information content (AvgIpc) is 3.54. The van der Waals surface area contributed by atoms with Crippen molar-refractivity contribution in [1.82, 2.24) is 34.7 Å². The fraction of sp³-hybridized carbons (Fsp3) is 0.435. The average molecular weight is 534 g/mol. The number of tetrazole rings is 1. The summed E-state index contributed by atoms with van der Waals surface area (Å²) < 4.78 is 14.5. The van der Waals surface area contributed by atoms with Crippen LogP contribution in [0.15, 0.2) is 33.9 Å². The molecule has 0 saturated carbocycles. The predicted molar refractivity (Wildman–Crippen MR) is 140 cm³/mol. The number of methoxy groups -OCH3 is 2. The number of halogens is 1. The van der Waals surface area contributed by atoms with E-state index < -0.39 is 0 Å². The van der Waals surface area contributed by atoms with Gasteiger partial charge < -0.3 is 14.8 Å². The lowest BCUT2D eigenvalue weighted by Crippen LogP contribution is -2.45. The van der Waals surface area contributed by atoms with Gasteiger partial charge in [-0.2, -0.15) is 4.80 Å². The second-order valence-electron chi connectivity index (χ2n) is 8.31. The number of rotatable bonds is 7. The molecule has 0 bridgehead atoms. The summed E-state index contributed by atoms with van der Waals surface area (Å²) in [6.07, 6.45) is 1.43. The Hall–Kier alpha value is -3.22. The number of piperidine rings is 1. The zero-order valence-electron chi connectivity index (χ0n) is 20.3. The molecule has 1 saturated heterocycles. The van der Waals surface area contributed by atoms with Crippen LogP contribution in [0, 0.1) is 0 Å². The Bertz CT molecular complexity index is 1490. The lowest BCUT2D eigenvalue weighted by molar-refractivity contribution is 0.346. The number of hydrogen-bond acceptors (Lipinski definition) is 9. The summed E-state index contributed by atoms with van der Waals surface area (Å²) in [6.45, 7) is 4.13. The summed E-state index contributed by atoms with van der Waals surface area (Å²) in [5.74, 6) is 1.73.